The molecule has 0 heterocycles. The molecule has 79 heavy (non-hydrogen) atoms. The van der Waals surface area contributed by atoms with Gasteiger partial charge in [0, 0.05) is 19.3 Å². The lowest BCUT2D eigenvalue weighted by Gasteiger charge is -2.18. The molecule has 0 fully saturated rings. The number of hydrogen-bond donors (Lipinski definition) is 0. The molecule has 0 aromatic carbocycles. The lowest BCUT2D eigenvalue weighted by atomic mass is 10.0. The van der Waals surface area contributed by atoms with Crippen molar-refractivity contribution in [2.24, 2.45) is 0 Å². The van der Waals surface area contributed by atoms with Gasteiger partial charge < -0.3 is 14.2 Å². The van der Waals surface area contributed by atoms with E-state index in [0.29, 0.717) is 19.3 Å². The fourth-order valence-electron chi connectivity index (χ4n) is 11.0. The maximum atomic E-state index is 12.9. The van der Waals surface area contributed by atoms with Crippen molar-refractivity contribution in [1.29, 1.82) is 0 Å². The number of rotatable bonds is 67. The predicted octanol–water partition coefficient (Wildman–Crippen LogP) is 24.6. The van der Waals surface area contributed by atoms with Gasteiger partial charge in [-0.3, -0.25) is 14.4 Å². The molecular weight excluding hydrogens is 973 g/mol. The molecule has 466 valence electrons. The number of allylic oxidation sites excluding steroid dienone is 4. The fourth-order valence-corrected chi connectivity index (χ4v) is 11.0. The maximum Gasteiger partial charge on any atom is 0.306 e. The van der Waals surface area contributed by atoms with Gasteiger partial charge in [0.25, 0.3) is 0 Å². The highest BCUT2D eigenvalue weighted by atomic mass is 16.6. The number of unbranched alkanes of at least 4 members (excludes halogenated alkanes) is 52. The van der Waals surface area contributed by atoms with Gasteiger partial charge in [-0.05, 0) is 64.2 Å². The Bertz CT molecular complexity index is 1270. The molecule has 0 aliphatic rings. The van der Waals surface area contributed by atoms with E-state index in [1.165, 1.54) is 295 Å². The topological polar surface area (TPSA) is 78.9 Å². The minimum Gasteiger partial charge on any atom is -0.462 e. The van der Waals surface area contributed by atoms with Crippen molar-refractivity contribution < 1.29 is 28.6 Å². The van der Waals surface area contributed by atoms with E-state index in [1.54, 1.807) is 0 Å². The van der Waals surface area contributed by atoms with E-state index in [1.807, 2.05) is 0 Å². The van der Waals surface area contributed by atoms with Crippen LogP contribution in [-0.4, -0.2) is 37.2 Å². The summed E-state index contributed by atoms with van der Waals surface area (Å²) in [7, 11) is 0. The second kappa shape index (κ2) is 68.4. The zero-order valence-corrected chi connectivity index (χ0v) is 53.7. The van der Waals surface area contributed by atoms with E-state index in [-0.39, 0.29) is 31.1 Å². The van der Waals surface area contributed by atoms with E-state index in [2.05, 4.69) is 45.1 Å². The van der Waals surface area contributed by atoms with Gasteiger partial charge in [0.15, 0.2) is 6.10 Å². The van der Waals surface area contributed by atoms with Crippen molar-refractivity contribution in [1.82, 2.24) is 0 Å². The average molecular weight is 1110 g/mol. The molecule has 1 unspecified atom stereocenters. The van der Waals surface area contributed by atoms with Crippen molar-refractivity contribution in [3.8, 4) is 0 Å². The molecule has 0 aliphatic carbocycles. The maximum absolute atomic E-state index is 12.9. The van der Waals surface area contributed by atoms with Crippen LogP contribution in [0.3, 0.4) is 0 Å². The molecule has 0 aromatic rings. The lowest BCUT2D eigenvalue weighted by molar-refractivity contribution is -0.167. The lowest BCUT2D eigenvalue weighted by Crippen LogP contribution is -2.30. The summed E-state index contributed by atoms with van der Waals surface area (Å²) >= 11 is 0. The number of carbonyl (C=O) groups is 3. The van der Waals surface area contributed by atoms with Crippen molar-refractivity contribution in [2.75, 3.05) is 13.2 Å². The highest BCUT2D eigenvalue weighted by Crippen LogP contribution is 2.19. The summed E-state index contributed by atoms with van der Waals surface area (Å²) in [5.41, 5.74) is 0. The Labute approximate surface area is 493 Å². The summed E-state index contributed by atoms with van der Waals surface area (Å²) in [5, 5.41) is 0. The molecule has 0 spiro atoms. The third-order valence-electron chi connectivity index (χ3n) is 16.4. The van der Waals surface area contributed by atoms with Crippen LogP contribution in [0.25, 0.3) is 0 Å². The molecule has 0 amide bonds. The van der Waals surface area contributed by atoms with Crippen LogP contribution >= 0.6 is 0 Å². The van der Waals surface area contributed by atoms with Crippen molar-refractivity contribution in [3.05, 3.63) is 24.3 Å². The molecule has 6 heteroatoms. The van der Waals surface area contributed by atoms with E-state index in [9.17, 15) is 14.4 Å². The molecule has 0 aliphatic heterocycles. The number of hydrogen-bond acceptors (Lipinski definition) is 6. The predicted molar refractivity (Wildman–Crippen MR) is 344 cm³/mol. The van der Waals surface area contributed by atoms with Crippen LogP contribution in [0.4, 0.5) is 0 Å². The van der Waals surface area contributed by atoms with Gasteiger partial charge in [0.2, 0.25) is 0 Å². The average Bonchev–Trinajstić information content (AvgIpc) is 3.45. The van der Waals surface area contributed by atoms with Crippen LogP contribution in [0.15, 0.2) is 24.3 Å². The molecule has 0 saturated carbocycles. The molecule has 0 aromatic heterocycles. The minimum absolute atomic E-state index is 0.0725. The van der Waals surface area contributed by atoms with E-state index >= 15 is 0 Å². The van der Waals surface area contributed by atoms with Gasteiger partial charge in [-0.1, -0.05) is 347 Å². The summed E-state index contributed by atoms with van der Waals surface area (Å²) in [6.45, 7) is 6.65. The van der Waals surface area contributed by atoms with Crippen LogP contribution in [-0.2, 0) is 28.6 Å². The molecule has 0 bridgehead atoms. The minimum atomic E-state index is -0.776. The second-order valence-electron chi connectivity index (χ2n) is 24.5. The molecule has 0 saturated heterocycles. The van der Waals surface area contributed by atoms with Gasteiger partial charge in [-0.15, -0.1) is 0 Å². The Hall–Kier alpha value is -2.11. The Balaban J connectivity index is 4.02. The second-order valence-corrected chi connectivity index (χ2v) is 24.5. The molecule has 0 radical (unpaired) electrons. The zero-order chi connectivity index (χ0) is 57.1. The highest BCUT2D eigenvalue weighted by molar-refractivity contribution is 5.71. The summed E-state index contributed by atoms with van der Waals surface area (Å²) < 4.78 is 16.9. The monoisotopic (exact) mass is 1110 g/mol. The normalized spacial score (nSPS) is 12.1. The van der Waals surface area contributed by atoms with Gasteiger partial charge in [-0.25, -0.2) is 0 Å². The van der Waals surface area contributed by atoms with E-state index < -0.39 is 6.10 Å². The van der Waals surface area contributed by atoms with Crippen LogP contribution in [0.2, 0.25) is 0 Å². The first-order valence-electron chi connectivity index (χ1n) is 35.8. The van der Waals surface area contributed by atoms with Gasteiger partial charge >= 0.3 is 17.9 Å². The van der Waals surface area contributed by atoms with Crippen LogP contribution < -0.4 is 0 Å². The van der Waals surface area contributed by atoms with Crippen LogP contribution in [0.5, 0.6) is 0 Å². The summed E-state index contributed by atoms with van der Waals surface area (Å²) in [6.07, 6.45) is 83.9. The van der Waals surface area contributed by atoms with E-state index in [4.69, 9.17) is 14.2 Å². The van der Waals surface area contributed by atoms with Gasteiger partial charge in [-0.2, -0.15) is 0 Å². The first kappa shape index (κ1) is 76.9. The molecular formula is C73H138O6. The third-order valence-corrected chi connectivity index (χ3v) is 16.4. The third kappa shape index (κ3) is 66.6. The van der Waals surface area contributed by atoms with E-state index in [0.717, 1.165) is 70.6 Å². The first-order chi connectivity index (χ1) is 39.0. The van der Waals surface area contributed by atoms with Crippen LogP contribution in [0, 0.1) is 0 Å². The van der Waals surface area contributed by atoms with Crippen molar-refractivity contribution >= 4 is 17.9 Å². The summed E-state index contributed by atoms with van der Waals surface area (Å²) in [4.78, 5) is 38.3. The zero-order valence-electron chi connectivity index (χ0n) is 53.7. The summed E-state index contributed by atoms with van der Waals surface area (Å²) in [6, 6.07) is 0. The smallest absolute Gasteiger partial charge is 0.306 e. The first-order valence-corrected chi connectivity index (χ1v) is 35.8. The molecule has 0 rings (SSSR count). The van der Waals surface area contributed by atoms with Crippen molar-refractivity contribution in [3.63, 3.8) is 0 Å². The molecule has 1 atom stereocenters. The quantitative estimate of drug-likeness (QED) is 0.0261. The van der Waals surface area contributed by atoms with Gasteiger partial charge in [0.05, 0.1) is 0 Å². The van der Waals surface area contributed by atoms with Crippen LogP contribution in [0.1, 0.15) is 406 Å². The standard InChI is InChI=1S/C73H138O6/c1-4-7-10-13-16-19-22-24-26-28-29-30-31-32-33-34-35-36-37-38-39-40-41-42-43-44-45-47-48-51-54-57-60-63-66-72(75)78-69-70(68-77-71(74)65-62-59-56-53-50-21-18-15-12-9-6-3)79-73(76)67-64-61-58-55-52-49-46-27-25-23-20-17-14-11-8-5-2/h15,18,27,46,70H,4-14,16-17,19-26,28-45,47-69H2,1-3H3/b18-15-,46-27-. The number of carbonyl (C=O) groups excluding carboxylic acids is 3. The number of ether oxygens (including phenoxy) is 3. The number of esters is 3. The molecule has 0 N–H and O–H groups in total. The largest absolute Gasteiger partial charge is 0.462 e. The Kier molecular flexibility index (Phi) is 66.6. The highest BCUT2D eigenvalue weighted by Gasteiger charge is 2.19. The Morgan fingerprint density at radius 3 is 0.671 bits per heavy atom. The Morgan fingerprint density at radius 2 is 0.430 bits per heavy atom. The van der Waals surface area contributed by atoms with Gasteiger partial charge in [0.1, 0.15) is 13.2 Å². The molecule has 6 nitrogen and oxygen atoms in total. The van der Waals surface area contributed by atoms with Crippen molar-refractivity contribution in [2.45, 2.75) is 412 Å². The Morgan fingerprint density at radius 1 is 0.241 bits per heavy atom. The fraction of sp³-hybridized carbons (Fsp3) is 0.904. The summed E-state index contributed by atoms with van der Waals surface area (Å²) in [5.74, 6) is -0.866. The SMILES string of the molecule is CCCC/C=C\CCCCCCCC(=O)OCC(COC(=O)CCCCCCCCCCCCCCCCCCCCCCCCCCCCCCCCCCCC)OC(=O)CCCCCCC/C=C\CCCCCCCCC.